The fourth-order valence-electron chi connectivity index (χ4n) is 1.26. The number of methoxy groups -OCH3 is 1. The maximum absolute atomic E-state index is 11.2. The van der Waals surface area contributed by atoms with E-state index in [9.17, 15) is 13.5 Å². The molecule has 5 heteroatoms. The van der Waals surface area contributed by atoms with Crippen LogP contribution in [0.3, 0.4) is 0 Å². The number of ether oxygens (including phenoxy) is 1. The summed E-state index contributed by atoms with van der Waals surface area (Å²) in [6.07, 6.45) is 1.54. The summed E-state index contributed by atoms with van der Waals surface area (Å²) in [6, 6.07) is 0. The van der Waals surface area contributed by atoms with Gasteiger partial charge in [-0.05, 0) is 26.2 Å². The van der Waals surface area contributed by atoms with Crippen molar-refractivity contribution in [3.63, 3.8) is 0 Å². The first kappa shape index (κ1) is 14.9. The van der Waals surface area contributed by atoms with Crippen LogP contribution in [0.25, 0.3) is 0 Å². The molecule has 0 aliphatic heterocycles. The summed E-state index contributed by atoms with van der Waals surface area (Å²) in [5.41, 5.74) is -0.820. The maximum Gasteiger partial charge on any atom is 0.150 e. The molecule has 0 amide bonds. The van der Waals surface area contributed by atoms with Gasteiger partial charge in [-0.25, -0.2) is 8.42 Å². The predicted octanol–water partition coefficient (Wildman–Crippen LogP) is 0.989. The highest BCUT2D eigenvalue weighted by molar-refractivity contribution is 7.91. The highest BCUT2D eigenvalue weighted by atomic mass is 32.2. The number of hydrogen-bond acceptors (Lipinski definition) is 4. The van der Waals surface area contributed by atoms with E-state index in [0.29, 0.717) is 25.9 Å². The Kier molecular flexibility index (Phi) is 6.40. The van der Waals surface area contributed by atoms with Crippen LogP contribution in [0.5, 0.6) is 0 Å². The third-order valence-corrected chi connectivity index (χ3v) is 4.25. The molecule has 0 aliphatic rings. The van der Waals surface area contributed by atoms with Crippen molar-refractivity contribution in [3.8, 4) is 0 Å². The lowest BCUT2D eigenvalue weighted by atomic mass is 9.97. The van der Waals surface area contributed by atoms with E-state index in [0.717, 1.165) is 0 Å². The zero-order chi connectivity index (χ0) is 11.9. The van der Waals surface area contributed by atoms with Crippen molar-refractivity contribution in [1.82, 2.24) is 0 Å². The minimum absolute atomic E-state index is 0.159. The second-order valence-corrected chi connectivity index (χ2v) is 6.55. The molecule has 0 fully saturated rings. The molecule has 1 atom stereocenters. The number of rotatable bonds is 8. The van der Waals surface area contributed by atoms with Crippen LogP contribution in [-0.4, -0.2) is 44.3 Å². The van der Waals surface area contributed by atoms with Crippen molar-refractivity contribution >= 4 is 9.84 Å². The first-order valence-corrected chi connectivity index (χ1v) is 7.07. The van der Waals surface area contributed by atoms with Crippen LogP contribution < -0.4 is 0 Å². The highest BCUT2D eigenvalue weighted by Crippen LogP contribution is 2.17. The van der Waals surface area contributed by atoms with Crippen LogP contribution >= 0.6 is 0 Å². The zero-order valence-electron chi connectivity index (χ0n) is 9.82. The SMILES string of the molecule is CCS(=O)(=O)CCCC(C)(O)CCOC. The molecule has 1 unspecified atom stereocenters. The molecule has 15 heavy (non-hydrogen) atoms. The lowest BCUT2D eigenvalue weighted by Crippen LogP contribution is -2.27. The van der Waals surface area contributed by atoms with Crippen LogP contribution in [-0.2, 0) is 14.6 Å². The molecule has 0 saturated carbocycles. The summed E-state index contributed by atoms with van der Waals surface area (Å²) >= 11 is 0. The van der Waals surface area contributed by atoms with Crippen molar-refractivity contribution in [2.75, 3.05) is 25.2 Å². The minimum atomic E-state index is -2.90. The van der Waals surface area contributed by atoms with Gasteiger partial charge in [0, 0.05) is 19.5 Å². The Balaban J connectivity index is 3.84. The van der Waals surface area contributed by atoms with Gasteiger partial charge in [0.15, 0.2) is 0 Å². The van der Waals surface area contributed by atoms with E-state index in [4.69, 9.17) is 4.74 Å². The van der Waals surface area contributed by atoms with E-state index in [2.05, 4.69) is 0 Å². The van der Waals surface area contributed by atoms with Gasteiger partial charge >= 0.3 is 0 Å². The van der Waals surface area contributed by atoms with Crippen molar-refractivity contribution < 1.29 is 18.3 Å². The first-order valence-electron chi connectivity index (χ1n) is 5.25. The van der Waals surface area contributed by atoms with Gasteiger partial charge in [-0.15, -0.1) is 0 Å². The minimum Gasteiger partial charge on any atom is -0.390 e. The summed E-state index contributed by atoms with van der Waals surface area (Å²) in [6.45, 7) is 3.84. The summed E-state index contributed by atoms with van der Waals surface area (Å²) in [5.74, 6) is 0.333. The predicted molar refractivity (Wildman–Crippen MR) is 60.7 cm³/mol. The molecule has 0 radical (unpaired) electrons. The van der Waals surface area contributed by atoms with Crippen LogP contribution in [0.1, 0.15) is 33.1 Å². The summed E-state index contributed by atoms with van der Waals surface area (Å²) < 4.78 is 27.3. The second kappa shape index (κ2) is 6.45. The average molecular weight is 238 g/mol. The smallest absolute Gasteiger partial charge is 0.150 e. The summed E-state index contributed by atoms with van der Waals surface area (Å²) in [4.78, 5) is 0. The van der Waals surface area contributed by atoms with E-state index in [1.165, 1.54) is 0 Å². The second-order valence-electron chi connectivity index (χ2n) is 4.08. The molecule has 4 nitrogen and oxygen atoms in total. The maximum atomic E-state index is 11.2. The van der Waals surface area contributed by atoms with E-state index in [1.807, 2.05) is 0 Å². The molecular weight excluding hydrogens is 216 g/mol. The normalized spacial score (nSPS) is 16.3. The molecule has 1 N–H and O–H groups in total. The molecule has 0 rings (SSSR count). The van der Waals surface area contributed by atoms with Crippen LogP contribution in [0.15, 0.2) is 0 Å². The molecule has 0 saturated heterocycles. The first-order chi connectivity index (χ1) is 6.83. The molecule has 92 valence electrons. The van der Waals surface area contributed by atoms with E-state index < -0.39 is 15.4 Å². The molecule has 0 aromatic heterocycles. The van der Waals surface area contributed by atoms with Gasteiger partial charge in [0.1, 0.15) is 9.84 Å². The zero-order valence-corrected chi connectivity index (χ0v) is 10.6. The van der Waals surface area contributed by atoms with E-state index in [1.54, 1.807) is 21.0 Å². The van der Waals surface area contributed by atoms with Gasteiger partial charge in [0.25, 0.3) is 0 Å². The van der Waals surface area contributed by atoms with Gasteiger partial charge in [-0.2, -0.15) is 0 Å². The average Bonchev–Trinajstić information content (AvgIpc) is 2.14. The Bertz CT molecular complexity index is 257. The summed E-state index contributed by atoms with van der Waals surface area (Å²) in [5, 5.41) is 9.84. The van der Waals surface area contributed by atoms with Crippen LogP contribution in [0.4, 0.5) is 0 Å². The Morgan fingerprint density at radius 1 is 1.33 bits per heavy atom. The van der Waals surface area contributed by atoms with Gasteiger partial charge in [0.05, 0.1) is 11.4 Å². The van der Waals surface area contributed by atoms with Gasteiger partial charge in [-0.1, -0.05) is 6.92 Å². The quantitative estimate of drug-likeness (QED) is 0.685. The molecule has 0 aromatic carbocycles. The summed E-state index contributed by atoms with van der Waals surface area (Å²) in [7, 11) is -1.32. The van der Waals surface area contributed by atoms with Gasteiger partial charge in [-0.3, -0.25) is 0 Å². The van der Waals surface area contributed by atoms with Gasteiger partial charge < -0.3 is 9.84 Å². The monoisotopic (exact) mass is 238 g/mol. The third kappa shape index (κ3) is 7.76. The lowest BCUT2D eigenvalue weighted by Gasteiger charge is -2.22. The van der Waals surface area contributed by atoms with E-state index in [-0.39, 0.29) is 11.5 Å². The Labute approximate surface area is 92.6 Å². The Morgan fingerprint density at radius 2 is 1.93 bits per heavy atom. The number of hydrogen-bond donors (Lipinski definition) is 1. The largest absolute Gasteiger partial charge is 0.390 e. The van der Waals surface area contributed by atoms with Crippen molar-refractivity contribution in [2.45, 2.75) is 38.7 Å². The molecule has 0 bridgehead atoms. The van der Waals surface area contributed by atoms with Crippen LogP contribution in [0.2, 0.25) is 0 Å². The molecule has 0 aliphatic carbocycles. The molecular formula is C10H22O4S. The molecule has 0 heterocycles. The molecule has 0 spiro atoms. The Hall–Kier alpha value is -0.130. The highest BCUT2D eigenvalue weighted by Gasteiger charge is 2.20. The van der Waals surface area contributed by atoms with Crippen molar-refractivity contribution in [2.24, 2.45) is 0 Å². The number of aliphatic hydroxyl groups is 1. The lowest BCUT2D eigenvalue weighted by molar-refractivity contribution is 0.0170. The van der Waals surface area contributed by atoms with Crippen molar-refractivity contribution in [3.05, 3.63) is 0 Å². The topological polar surface area (TPSA) is 63.6 Å². The standard InChI is InChI=1S/C10H22O4S/c1-4-15(12,13)9-5-6-10(2,11)7-8-14-3/h11H,4-9H2,1-3H3. The fraction of sp³-hybridized carbons (Fsp3) is 1.00. The number of sulfone groups is 1. The van der Waals surface area contributed by atoms with Crippen LogP contribution in [0, 0.1) is 0 Å². The molecule has 0 aromatic rings. The Morgan fingerprint density at radius 3 is 2.40 bits per heavy atom. The van der Waals surface area contributed by atoms with E-state index >= 15 is 0 Å². The fourth-order valence-corrected chi connectivity index (χ4v) is 2.14. The van der Waals surface area contributed by atoms with Crippen molar-refractivity contribution in [1.29, 1.82) is 0 Å². The third-order valence-electron chi connectivity index (χ3n) is 2.46. The van der Waals surface area contributed by atoms with Gasteiger partial charge in [0.2, 0.25) is 0 Å².